The van der Waals surface area contributed by atoms with Crippen LogP contribution in [0.15, 0.2) is 89.1 Å². The highest BCUT2D eigenvalue weighted by molar-refractivity contribution is 6.05. The number of anilines is 1. The van der Waals surface area contributed by atoms with Crippen LogP contribution in [0.5, 0.6) is 0 Å². The Balaban J connectivity index is 1.75. The first-order valence-electron chi connectivity index (χ1n) is 8.95. The van der Waals surface area contributed by atoms with Crippen molar-refractivity contribution in [2.45, 2.75) is 20.3 Å². The number of hydrogen-bond acceptors (Lipinski definition) is 2. The number of rotatable bonds is 4. The third-order valence-corrected chi connectivity index (χ3v) is 5.00. The van der Waals surface area contributed by atoms with Crippen LogP contribution in [0.3, 0.4) is 0 Å². The normalized spacial score (nSPS) is 14.3. The second-order valence-corrected chi connectivity index (χ2v) is 6.79. The number of nitrogens with one attached hydrogen (secondary N) is 1. The van der Waals surface area contributed by atoms with Gasteiger partial charge in [-0.05, 0) is 54.3 Å². The fourth-order valence-electron chi connectivity index (χ4n) is 3.43. The van der Waals surface area contributed by atoms with E-state index < -0.39 is 0 Å². The lowest BCUT2D eigenvalue weighted by molar-refractivity contribution is 1.23. The van der Waals surface area contributed by atoms with Crippen molar-refractivity contribution < 1.29 is 0 Å². The molecule has 2 heteroatoms. The van der Waals surface area contributed by atoms with Gasteiger partial charge in [-0.15, -0.1) is 0 Å². The zero-order chi connectivity index (χ0) is 17.9. The van der Waals surface area contributed by atoms with Crippen molar-refractivity contribution in [3.8, 4) is 0 Å². The van der Waals surface area contributed by atoms with Crippen molar-refractivity contribution >= 4 is 28.2 Å². The van der Waals surface area contributed by atoms with Crippen LogP contribution in [-0.4, -0.2) is 6.21 Å². The van der Waals surface area contributed by atoms with E-state index in [0.717, 1.165) is 12.1 Å². The van der Waals surface area contributed by atoms with Crippen LogP contribution in [-0.2, 0) is 0 Å². The number of para-hydroxylation sites is 1. The zero-order valence-corrected chi connectivity index (χ0v) is 15.2. The van der Waals surface area contributed by atoms with Gasteiger partial charge in [0.15, 0.2) is 0 Å². The molecule has 128 valence electrons. The van der Waals surface area contributed by atoms with Crippen LogP contribution < -0.4 is 5.43 Å². The fourth-order valence-corrected chi connectivity index (χ4v) is 3.43. The summed E-state index contributed by atoms with van der Waals surface area (Å²) in [6, 6.07) is 23.0. The summed E-state index contributed by atoms with van der Waals surface area (Å²) in [4.78, 5) is 0. The molecule has 0 fully saturated rings. The molecule has 1 N–H and O–H groups in total. The molecule has 0 aromatic heterocycles. The standard InChI is InChI=1S/C24H22N2/c1-17-14-20(15-18(17)2)23-13-12-19-8-6-7-11-22(19)24(23)16-25-26-21-9-4-3-5-10-21/h3-14,16,26H,15H2,1-2H3/b25-16+. The molecule has 0 saturated carbocycles. The zero-order valence-electron chi connectivity index (χ0n) is 15.2. The fraction of sp³-hybridized carbons (Fsp3) is 0.125. The summed E-state index contributed by atoms with van der Waals surface area (Å²) in [5.74, 6) is 0. The minimum Gasteiger partial charge on any atom is -0.279 e. The summed E-state index contributed by atoms with van der Waals surface area (Å²) >= 11 is 0. The van der Waals surface area contributed by atoms with E-state index in [1.807, 2.05) is 36.5 Å². The van der Waals surface area contributed by atoms with Crippen molar-refractivity contribution in [1.82, 2.24) is 0 Å². The topological polar surface area (TPSA) is 24.4 Å². The van der Waals surface area contributed by atoms with Crippen molar-refractivity contribution in [3.05, 3.63) is 95.1 Å². The van der Waals surface area contributed by atoms with Crippen LogP contribution in [0.25, 0.3) is 16.3 Å². The van der Waals surface area contributed by atoms with Crippen molar-refractivity contribution in [3.63, 3.8) is 0 Å². The lowest BCUT2D eigenvalue weighted by Gasteiger charge is -2.11. The van der Waals surface area contributed by atoms with Crippen molar-refractivity contribution in [2.24, 2.45) is 5.10 Å². The van der Waals surface area contributed by atoms with Gasteiger partial charge in [-0.1, -0.05) is 71.8 Å². The quantitative estimate of drug-likeness (QED) is 0.431. The minimum atomic E-state index is 0.985. The SMILES string of the molecule is CC1=C(C)CC(c2ccc3ccccc3c2/C=N/Nc2ccccc2)=C1. The smallest absolute Gasteiger partial charge is 0.0561 e. The number of nitrogens with zero attached hydrogens (tertiary/aromatic N) is 1. The van der Waals surface area contributed by atoms with Gasteiger partial charge in [-0.25, -0.2) is 0 Å². The summed E-state index contributed by atoms with van der Waals surface area (Å²) in [7, 11) is 0. The molecule has 0 bridgehead atoms. The van der Waals surface area contributed by atoms with Crippen LogP contribution >= 0.6 is 0 Å². The average Bonchev–Trinajstić information content (AvgIpc) is 3.01. The number of benzene rings is 3. The van der Waals surface area contributed by atoms with Gasteiger partial charge in [0, 0.05) is 5.56 Å². The van der Waals surface area contributed by atoms with Crippen LogP contribution in [0, 0.1) is 0 Å². The Morgan fingerprint density at radius 1 is 0.885 bits per heavy atom. The lowest BCUT2D eigenvalue weighted by Crippen LogP contribution is -1.97. The van der Waals surface area contributed by atoms with Gasteiger partial charge in [0.25, 0.3) is 0 Å². The Kier molecular flexibility index (Phi) is 4.40. The van der Waals surface area contributed by atoms with E-state index in [4.69, 9.17) is 0 Å². The van der Waals surface area contributed by atoms with E-state index in [2.05, 4.69) is 66.8 Å². The van der Waals surface area contributed by atoms with Crippen molar-refractivity contribution in [1.29, 1.82) is 0 Å². The average molecular weight is 338 g/mol. The molecule has 3 aromatic rings. The third-order valence-electron chi connectivity index (χ3n) is 5.00. The first kappa shape index (κ1) is 16.3. The van der Waals surface area contributed by atoms with E-state index in [1.54, 1.807) is 0 Å². The first-order chi connectivity index (χ1) is 12.7. The highest BCUT2D eigenvalue weighted by Gasteiger charge is 2.15. The van der Waals surface area contributed by atoms with Crippen LogP contribution in [0.2, 0.25) is 0 Å². The maximum absolute atomic E-state index is 4.52. The second-order valence-electron chi connectivity index (χ2n) is 6.79. The highest BCUT2D eigenvalue weighted by Crippen LogP contribution is 2.35. The number of fused-ring (bicyclic) bond motifs is 1. The third kappa shape index (κ3) is 3.18. The summed E-state index contributed by atoms with van der Waals surface area (Å²) in [5, 5.41) is 6.98. The van der Waals surface area contributed by atoms with Gasteiger partial charge in [0.1, 0.15) is 0 Å². The Morgan fingerprint density at radius 3 is 2.42 bits per heavy atom. The van der Waals surface area contributed by atoms with Crippen molar-refractivity contribution in [2.75, 3.05) is 5.43 Å². The molecule has 0 aliphatic heterocycles. The monoisotopic (exact) mass is 338 g/mol. The van der Waals surface area contributed by atoms with E-state index >= 15 is 0 Å². The molecular formula is C24H22N2. The molecule has 0 unspecified atom stereocenters. The molecule has 0 atom stereocenters. The van der Waals surface area contributed by atoms with E-state index in [0.29, 0.717) is 0 Å². The van der Waals surface area contributed by atoms with Gasteiger partial charge in [-0.3, -0.25) is 5.43 Å². The van der Waals surface area contributed by atoms with Crippen LogP contribution in [0.4, 0.5) is 5.69 Å². The molecule has 1 aliphatic rings. The highest BCUT2D eigenvalue weighted by atomic mass is 15.3. The first-order valence-corrected chi connectivity index (χ1v) is 8.95. The van der Waals surface area contributed by atoms with Crippen LogP contribution in [0.1, 0.15) is 31.4 Å². The largest absolute Gasteiger partial charge is 0.279 e. The molecule has 1 aliphatic carbocycles. The Hall–Kier alpha value is -3.13. The van der Waals surface area contributed by atoms with Gasteiger partial charge in [-0.2, -0.15) is 5.10 Å². The molecule has 0 heterocycles. The molecule has 3 aromatic carbocycles. The van der Waals surface area contributed by atoms with Gasteiger partial charge < -0.3 is 0 Å². The maximum atomic E-state index is 4.52. The molecule has 0 amide bonds. The summed E-state index contributed by atoms with van der Waals surface area (Å²) in [6.07, 6.45) is 5.27. The predicted octanol–water partition coefficient (Wildman–Crippen LogP) is 6.41. The van der Waals surface area contributed by atoms with E-state index in [1.165, 1.54) is 38.6 Å². The van der Waals surface area contributed by atoms with E-state index in [-0.39, 0.29) is 0 Å². The molecule has 2 nitrogen and oxygen atoms in total. The molecule has 4 rings (SSSR count). The molecular weight excluding hydrogens is 316 g/mol. The van der Waals surface area contributed by atoms with Gasteiger partial charge in [0.05, 0.1) is 11.9 Å². The maximum Gasteiger partial charge on any atom is 0.0561 e. The summed E-state index contributed by atoms with van der Waals surface area (Å²) in [6.45, 7) is 4.40. The number of hydrogen-bond donors (Lipinski definition) is 1. The molecule has 0 spiro atoms. The van der Waals surface area contributed by atoms with Gasteiger partial charge >= 0.3 is 0 Å². The Bertz CT molecular complexity index is 1040. The second kappa shape index (κ2) is 7.01. The molecule has 26 heavy (non-hydrogen) atoms. The predicted molar refractivity (Wildman–Crippen MR) is 113 cm³/mol. The summed E-state index contributed by atoms with van der Waals surface area (Å²) in [5.41, 5.74) is 10.7. The van der Waals surface area contributed by atoms with E-state index in [9.17, 15) is 0 Å². The summed E-state index contributed by atoms with van der Waals surface area (Å²) < 4.78 is 0. The minimum absolute atomic E-state index is 0.985. The lowest BCUT2D eigenvalue weighted by atomic mass is 9.93. The number of allylic oxidation sites excluding steroid dienone is 4. The number of hydrazone groups is 1. The molecule has 0 saturated heterocycles. The molecule has 0 radical (unpaired) electrons. The Morgan fingerprint density at radius 2 is 1.65 bits per heavy atom. The Labute approximate surface area is 154 Å². The van der Waals surface area contributed by atoms with Gasteiger partial charge in [0.2, 0.25) is 0 Å².